The van der Waals surface area contributed by atoms with Gasteiger partial charge in [-0.15, -0.1) is 4.37 Å². The molecule has 0 spiro atoms. The molecule has 2 N–H and O–H groups in total. The number of anilines is 1. The van der Waals surface area contributed by atoms with Crippen LogP contribution in [0.1, 0.15) is 50.7 Å². The number of aliphatic hydroxyl groups is 1. The van der Waals surface area contributed by atoms with E-state index in [9.17, 15) is 0 Å². The molecule has 120 valence electrons. The monoisotopic (exact) mass is 340 g/mol. The second-order valence-electron chi connectivity index (χ2n) is 3.23. The maximum atomic E-state index is 8.35. The molecule has 1 fully saturated rings. The predicted octanol–water partition coefficient (Wildman–Crippen LogP) is 0.502. The summed E-state index contributed by atoms with van der Waals surface area (Å²) in [4.78, 5) is -0.333. The molecule has 7 nitrogen and oxygen atoms in total. The van der Waals surface area contributed by atoms with Gasteiger partial charge in [0, 0.05) is 40.1 Å². The number of morpholine rings is 1. The summed E-state index contributed by atoms with van der Waals surface area (Å²) >= 11 is -0.0169. The summed E-state index contributed by atoms with van der Waals surface area (Å²) in [6.45, 7) is -36.5. The van der Waals surface area contributed by atoms with Gasteiger partial charge >= 0.3 is 0 Å². The van der Waals surface area contributed by atoms with E-state index in [4.69, 9.17) is 37.7 Å². The van der Waals surface area contributed by atoms with Gasteiger partial charge in [-0.3, -0.25) is 0 Å². The molecular weight excluding hydrogens is 292 g/mol. The van der Waals surface area contributed by atoms with E-state index in [1.807, 2.05) is 0 Å². The smallest absolute Gasteiger partial charge is 0.270 e. The molecule has 1 aliphatic heterocycles. The van der Waals surface area contributed by atoms with Crippen molar-refractivity contribution in [2.75, 3.05) is 44.1 Å². The van der Waals surface area contributed by atoms with Crippen molar-refractivity contribution in [1.29, 1.82) is 1.43 Å². The van der Waals surface area contributed by atoms with Crippen molar-refractivity contribution in [1.82, 2.24) is 14.1 Å². The zero-order valence-electron chi connectivity index (χ0n) is 33.9. The molecule has 1 saturated heterocycles. The van der Waals surface area contributed by atoms with Crippen molar-refractivity contribution in [3.8, 4) is 5.88 Å². The first kappa shape index (κ1) is 3.58. The molecule has 0 saturated carbocycles. The fraction of sp³-hybridized carbons (Fsp3) is 0.846. The van der Waals surface area contributed by atoms with E-state index < -0.39 is 88.3 Å². The Kier molecular flexibility index (Phi) is 1.25. The molecule has 0 bridgehead atoms. The van der Waals surface area contributed by atoms with Crippen LogP contribution in [-0.4, -0.2) is 66.1 Å². The van der Waals surface area contributed by atoms with E-state index in [-0.39, 0.29) is 16.6 Å². The lowest BCUT2D eigenvalue weighted by atomic mass is 10.1. The zero-order valence-corrected chi connectivity index (χ0v) is 10.7. The molecule has 2 heterocycles. The molecule has 0 amide bonds. The van der Waals surface area contributed by atoms with Crippen LogP contribution in [0, 0.1) is 0 Å². The minimum Gasteiger partial charge on any atom is -0.472 e. The van der Waals surface area contributed by atoms with Crippen LogP contribution in [0.3, 0.4) is 0 Å². The van der Waals surface area contributed by atoms with Crippen LogP contribution in [-0.2, 0) is 4.74 Å². The van der Waals surface area contributed by atoms with E-state index in [2.05, 4.69) is 18.6 Å². The largest absolute Gasteiger partial charge is 0.472 e. The van der Waals surface area contributed by atoms with Gasteiger partial charge in [0.25, 0.3) is 5.88 Å². The second-order valence-corrected chi connectivity index (χ2v) is 3.75. The lowest BCUT2D eigenvalue weighted by Gasteiger charge is -2.27. The summed E-state index contributed by atoms with van der Waals surface area (Å²) in [6.07, 6.45) is -4.48. The van der Waals surface area contributed by atoms with Crippen molar-refractivity contribution < 1.29 is 46.2 Å². The van der Waals surface area contributed by atoms with E-state index in [1.165, 1.54) is 0 Å². The SMILES string of the molecule is [2H]O[C@@]([2H])(C([2H])([2H])Oc1nsnc1N1C([2H])([2H])C([2H])([2H])OC([2H])([2H])C1([2H])[2H])C([2H])([2H])N([2H])C(C([2H])([2H])[2H])(C([2H])([2H])[2H])C([2H])([2H])[2H]. The van der Waals surface area contributed by atoms with E-state index in [0.29, 0.717) is 0 Å². The highest BCUT2D eigenvalue weighted by molar-refractivity contribution is 6.99. The molecule has 2 rings (SSSR count). The lowest BCUT2D eigenvalue weighted by molar-refractivity contribution is 0.0975. The third kappa shape index (κ3) is 5.39. The van der Waals surface area contributed by atoms with Gasteiger partial charge in [-0.05, 0) is 20.6 Å². The van der Waals surface area contributed by atoms with Gasteiger partial charge < -0.3 is 24.8 Å². The summed E-state index contributed by atoms with van der Waals surface area (Å²) < 4.78 is 205. The molecule has 1 aromatic rings. The minimum atomic E-state index is -4.59. The third-order valence-corrected chi connectivity index (χ3v) is 2.14. The normalized spacial score (nSPS) is 49.1. The number of hydrogen-bond acceptors (Lipinski definition) is 8. The Bertz CT molecular complexity index is 1180. The Morgan fingerprint density at radius 3 is 3.24 bits per heavy atom. The molecule has 1 aromatic heterocycles. The fourth-order valence-electron chi connectivity index (χ4n) is 0.925. The average Bonchev–Trinajstić information content (AvgIpc) is 3.19. The van der Waals surface area contributed by atoms with Crippen molar-refractivity contribution in [3.63, 3.8) is 0 Å². The highest BCUT2D eigenvalue weighted by atomic mass is 32.1. The van der Waals surface area contributed by atoms with Crippen LogP contribution in [0.4, 0.5) is 5.82 Å². The first-order chi connectivity index (χ1) is 19.5. The summed E-state index contributed by atoms with van der Waals surface area (Å²) in [6, 6.07) is 0. The fourth-order valence-corrected chi connectivity index (χ4v) is 1.40. The summed E-state index contributed by atoms with van der Waals surface area (Å²) in [5, 5.41) is 2.62. The maximum absolute atomic E-state index is 8.35. The number of aromatic nitrogens is 2. The maximum Gasteiger partial charge on any atom is 0.270 e. The van der Waals surface area contributed by atoms with Crippen molar-refractivity contribution in [2.45, 2.75) is 32.2 Å². The number of β-amino-alcohol motifs (C(OH)–C–C–N with tert-alkyl or cyclic N) is 1. The highest BCUT2D eigenvalue weighted by Gasteiger charge is 2.21. The Labute approximate surface area is 163 Å². The van der Waals surface area contributed by atoms with Gasteiger partial charge in [0.15, 0.2) is 0 Å². The summed E-state index contributed by atoms with van der Waals surface area (Å²) in [7, 11) is 0. The van der Waals surface area contributed by atoms with Gasteiger partial charge in [0.2, 0.25) is 7.25 Å². The van der Waals surface area contributed by atoms with Crippen LogP contribution in [0.25, 0.3) is 0 Å². The molecule has 0 radical (unpaired) electrons. The van der Waals surface area contributed by atoms with Gasteiger partial charge in [-0.1, -0.05) is 0 Å². The van der Waals surface area contributed by atoms with Gasteiger partial charge in [-0.25, -0.2) is 0 Å². The quantitative estimate of drug-likeness (QED) is 0.748. The first-order valence-electron chi connectivity index (χ1n) is 16.8. The number of hydrogen-bond donors (Lipinski definition) is 2. The van der Waals surface area contributed by atoms with Crippen LogP contribution >= 0.6 is 11.7 Å². The van der Waals surface area contributed by atoms with Crippen molar-refractivity contribution in [2.24, 2.45) is 0 Å². The number of rotatable bonds is 7. The van der Waals surface area contributed by atoms with Crippen LogP contribution in [0.2, 0.25) is 1.41 Å². The summed E-state index contributed by atoms with van der Waals surface area (Å²) in [5.41, 5.74) is -4.51. The molecule has 0 aromatic carbocycles. The minimum absolute atomic E-state index is 0.0169. The van der Waals surface area contributed by atoms with E-state index in [0.717, 1.165) is 0 Å². The Hall–Kier alpha value is -0.960. The number of nitrogens with zero attached hydrogens (tertiary/aromatic N) is 3. The molecule has 21 heavy (non-hydrogen) atoms. The zero-order chi connectivity index (χ0) is 36.1. The highest BCUT2D eigenvalue weighted by Crippen LogP contribution is 2.26. The first-order valence-corrected chi connectivity index (χ1v) is 5.68. The molecule has 0 aliphatic carbocycles. The molecule has 1 aliphatic rings. The van der Waals surface area contributed by atoms with Crippen molar-refractivity contribution >= 4 is 17.5 Å². The third-order valence-electron chi connectivity index (χ3n) is 1.64. The van der Waals surface area contributed by atoms with Crippen LogP contribution in [0.15, 0.2) is 0 Å². The Morgan fingerprint density at radius 2 is 2.52 bits per heavy atom. The topological polar surface area (TPSA) is 79.7 Å². The lowest BCUT2D eigenvalue weighted by Crippen LogP contribution is -2.42. The Balaban J connectivity index is 2.80. The Morgan fingerprint density at radius 1 is 1.71 bits per heavy atom. The van der Waals surface area contributed by atoms with E-state index >= 15 is 0 Å². The van der Waals surface area contributed by atoms with Gasteiger partial charge in [-0.2, -0.15) is 4.37 Å². The van der Waals surface area contributed by atoms with E-state index in [1.54, 1.807) is 0 Å². The number of nitrogens with one attached hydrogen (secondary N) is 1. The van der Waals surface area contributed by atoms with Crippen LogP contribution in [0.5, 0.6) is 5.88 Å². The molecule has 1 atom stereocenters. The summed E-state index contributed by atoms with van der Waals surface area (Å²) in [5.74, 6) is -2.74. The van der Waals surface area contributed by atoms with Gasteiger partial charge in [0.05, 0.1) is 39.9 Å². The molecular formula is C13H24N4O3S. The predicted molar refractivity (Wildman–Crippen MR) is 82.2 cm³/mol. The number of ether oxygens (including phenoxy) is 2. The molecule has 0 unspecified atom stereocenters. The average molecular weight is 341 g/mol. The molecule has 8 heteroatoms. The standard InChI is InChI=1S/C13H24N4O3S/c1-13(2,3)14-8-10(18)9-20-12-11(15-21-16-12)17-4-6-19-7-5-17/h10,14,18H,4-9H2,1-3H3/t10-/m1/s1/i1D3,2D3,3D3,4D2,5D2,6D2,7D2,8D2,9D2,10D,18D/hD. The van der Waals surface area contributed by atoms with Gasteiger partial charge in [0.1, 0.15) is 14.1 Å². The van der Waals surface area contributed by atoms with Crippen molar-refractivity contribution in [3.05, 3.63) is 0 Å². The second kappa shape index (κ2) is 7.35. The van der Waals surface area contributed by atoms with Crippen LogP contribution < -0.4 is 14.9 Å².